The molecule has 1 aromatic heterocycles. The van der Waals surface area contributed by atoms with Crippen LogP contribution in [0.1, 0.15) is 18.4 Å². The molecule has 0 bridgehead atoms. The average molecular weight is 295 g/mol. The monoisotopic (exact) mass is 294 g/mol. The summed E-state index contributed by atoms with van der Waals surface area (Å²) in [6, 6.07) is 4.88. The van der Waals surface area contributed by atoms with Crippen LogP contribution in [0.4, 0.5) is 0 Å². The third-order valence-corrected chi connectivity index (χ3v) is 3.75. The minimum absolute atomic E-state index is 0.117. The molecule has 1 saturated heterocycles. The molecule has 1 aliphatic heterocycles. The third kappa shape index (κ3) is 2.67. The Bertz CT molecular complexity index is 686. The first-order chi connectivity index (χ1) is 9.63. The largest absolute Gasteiger partial charge is 0.489 e. The normalized spacial score (nSPS) is 18.6. The van der Waals surface area contributed by atoms with E-state index in [1.807, 2.05) is 6.92 Å². The second-order valence-corrected chi connectivity index (χ2v) is 5.38. The summed E-state index contributed by atoms with van der Waals surface area (Å²) in [6.07, 6.45) is 2.18. The van der Waals surface area contributed by atoms with Crippen LogP contribution in [0.25, 0.3) is 11.0 Å². The molecule has 0 saturated carbocycles. The number of aryl methyl sites for hydroxylation is 1. The zero-order valence-corrected chi connectivity index (χ0v) is 11.9. The number of hydrogen-bond acceptors (Lipinski definition) is 4. The van der Waals surface area contributed by atoms with Crippen LogP contribution in [-0.2, 0) is 4.74 Å². The highest BCUT2D eigenvalue weighted by Crippen LogP contribution is 2.31. The van der Waals surface area contributed by atoms with Crippen molar-refractivity contribution < 1.29 is 13.9 Å². The number of benzene rings is 1. The smallest absolute Gasteiger partial charge is 0.336 e. The molecule has 1 aliphatic rings. The zero-order valence-electron chi connectivity index (χ0n) is 11.1. The predicted octanol–water partition coefficient (Wildman–Crippen LogP) is 3.31. The summed E-state index contributed by atoms with van der Waals surface area (Å²) in [7, 11) is 0. The van der Waals surface area contributed by atoms with Crippen LogP contribution in [0.2, 0.25) is 5.02 Å². The minimum Gasteiger partial charge on any atom is -0.489 e. The van der Waals surface area contributed by atoms with E-state index in [9.17, 15) is 4.79 Å². The Morgan fingerprint density at radius 2 is 2.25 bits per heavy atom. The average Bonchev–Trinajstić information content (AvgIpc) is 2.90. The number of halogens is 1. The van der Waals surface area contributed by atoms with Crippen molar-refractivity contribution in [2.45, 2.75) is 25.9 Å². The van der Waals surface area contributed by atoms with Gasteiger partial charge in [0.2, 0.25) is 0 Å². The lowest BCUT2D eigenvalue weighted by molar-refractivity contribution is 0.0680. The first-order valence-electron chi connectivity index (χ1n) is 6.62. The van der Waals surface area contributed by atoms with Crippen LogP contribution in [0, 0.1) is 6.92 Å². The molecule has 1 aromatic carbocycles. The van der Waals surface area contributed by atoms with Gasteiger partial charge in [-0.05, 0) is 31.4 Å². The van der Waals surface area contributed by atoms with Gasteiger partial charge in [0.1, 0.15) is 17.9 Å². The molecule has 1 unspecified atom stereocenters. The summed E-state index contributed by atoms with van der Waals surface area (Å²) in [5.41, 5.74) is 0.952. The van der Waals surface area contributed by atoms with Crippen molar-refractivity contribution in [1.29, 1.82) is 0 Å². The number of fused-ring (bicyclic) bond motifs is 1. The Balaban J connectivity index is 1.90. The van der Waals surface area contributed by atoms with E-state index in [1.54, 1.807) is 12.1 Å². The SMILES string of the molecule is Cc1cc(=O)oc2cc(OCC3CCCO3)c(Cl)cc12. The Hall–Kier alpha value is -1.52. The molecule has 0 amide bonds. The van der Waals surface area contributed by atoms with Crippen LogP contribution in [0.15, 0.2) is 27.4 Å². The van der Waals surface area contributed by atoms with Crippen molar-refractivity contribution in [3.63, 3.8) is 0 Å². The van der Waals surface area contributed by atoms with Gasteiger partial charge < -0.3 is 13.9 Å². The van der Waals surface area contributed by atoms with Crippen molar-refractivity contribution in [2.75, 3.05) is 13.2 Å². The van der Waals surface area contributed by atoms with Gasteiger partial charge in [-0.3, -0.25) is 0 Å². The van der Waals surface area contributed by atoms with Gasteiger partial charge in [0.05, 0.1) is 11.1 Å². The summed E-state index contributed by atoms with van der Waals surface area (Å²) in [4.78, 5) is 11.4. The summed E-state index contributed by atoms with van der Waals surface area (Å²) in [5.74, 6) is 0.517. The van der Waals surface area contributed by atoms with Gasteiger partial charge in [0.15, 0.2) is 0 Å². The van der Waals surface area contributed by atoms with Gasteiger partial charge in [0.25, 0.3) is 0 Å². The molecule has 2 aromatic rings. The van der Waals surface area contributed by atoms with Crippen molar-refractivity contribution in [3.05, 3.63) is 39.2 Å². The Morgan fingerprint density at radius 1 is 1.40 bits per heavy atom. The fourth-order valence-corrected chi connectivity index (χ4v) is 2.61. The molecule has 1 atom stereocenters. The van der Waals surface area contributed by atoms with Gasteiger partial charge in [-0.15, -0.1) is 0 Å². The molecule has 0 N–H and O–H groups in total. The second-order valence-electron chi connectivity index (χ2n) is 4.97. The first kappa shape index (κ1) is 13.5. The first-order valence-corrected chi connectivity index (χ1v) is 7.00. The summed E-state index contributed by atoms with van der Waals surface area (Å²) >= 11 is 6.21. The zero-order chi connectivity index (χ0) is 14.1. The molecule has 5 heteroatoms. The molecule has 1 fully saturated rings. The van der Waals surface area contributed by atoms with E-state index in [2.05, 4.69) is 0 Å². The fourth-order valence-electron chi connectivity index (χ4n) is 2.39. The number of ether oxygens (including phenoxy) is 2. The van der Waals surface area contributed by atoms with Crippen molar-refractivity contribution in [1.82, 2.24) is 0 Å². The lowest BCUT2D eigenvalue weighted by atomic mass is 10.1. The molecule has 3 rings (SSSR count). The Morgan fingerprint density at radius 3 is 3.00 bits per heavy atom. The van der Waals surface area contributed by atoms with E-state index in [-0.39, 0.29) is 11.7 Å². The lowest BCUT2D eigenvalue weighted by Gasteiger charge is -2.13. The Labute approximate surface area is 121 Å². The molecule has 4 nitrogen and oxygen atoms in total. The van der Waals surface area contributed by atoms with Gasteiger partial charge >= 0.3 is 5.63 Å². The van der Waals surface area contributed by atoms with Crippen molar-refractivity contribution >= 4 is 22.6 Å². The maximum absolute atomic E-state index is 11.4. The van der Waals surface area contributed by atoms with Gasteiger partial charge in [0, 0.05) is 24.1 Å². The quantitative estimate of drug-likeness (QED) is 0.815. The minimum atomic E-state index is -0.373. The molecular formula is C15H15ClO4. The summed E-state index contributed by atoms with van der Waals surface area (Å²) in [6.45, 7) is 3.09. The van der Waals surface area contributed by atoms with Gasteiger partial charge in [-0.2, -0.15) is 0 Å². The highest BCUT2D eigenvalue weighted by Gasteiger charge is 2.17. The molecule has 2 heterocycles. The number of hydrogen-bond donors (Lipinski definition) is 0. The van der Waals surface area contributed by atoms with Crippen molar-refractivity contribution in [3.8, 4) is 5.75 Å². The maximum Gasteiger partial charge on any atom is 0.336 e. The van der Waals surface area contributed by atoms with E-state index >= 15 is 0 Å². The summed E-state index contributed by atoms with van der Waals surface area (Å²) in [5, 5.41) is 1.33. The van der Waals surface area contributed by atoms with E-state index < -0.39 is 0 Å². The molecule has 0 radical (unpaired) electrons. The van der Waals surface area contributed by atoms with Crippen LogP contribution in [-0.4, -0.2) is 19.3 Å². The Kier molecular flexibility index (Phi) is 3.68. The van der Waals surface area contributed by atoms with Crippen molar-refractivity contribution in [2.24, 2.45) is 0 Å². The molecule has 20 heavy (non-hydrogen) atoms. The molecule has 0 aliphatic carbocycles. The molecule has 106 valence electrons. The van der Waals surface area contributed by atoms with Crippen LogP contribution >= 0.6 is 11.6 Å². The maximum atomic E-state index is 11.4. The fraction of sp³-hybridized carbons (Fsp3) is 0.400. The van der Waals surface area contributed by atoms with Gasteiger partial charge in [-0.25, -0.2) is 4.79 Å². The van der Waals surface area contributed by atoms with Gasteiger partial charge in [-0.1, -0.05) is 11.6 Å². The van der Waals surface area contributed by atoms with E-state index in [0.29, 0.717) is 23.0 Å². The third-order valence-electron chi connectivity index (χ3n) is 3.45. The predicted molar refractivity (Wildman–Crippen MR) is 76.7 cm³/mol. The number of rotatable bonds is 3. The van der Waals surface area contributed by atoms with Crippen LogP contribution < -0.4 is 10.4 Å². The molecule has 0 spiro atoms. The van der Waals surface area contributed by atoms with E-state index in [1.165, 1.54) is 6.07 Å². The van der Waals surface area contributed by atoms with Crippen LogP contribution in [0.5, 0.6) is 5.75 Å². The van der Waals surface area contributed by atoms with Crippen LogP contribution in [0.3, 0.4) is 0 Å². The topological polar surface area (TPSA) is 48.7 Å². The standard InChI is InChI=1S/C15H15ClO4/c1-9-5-15(17)20-13-7-14(12(16)6-11(9)13)19-8-10-3-2-4-18-10/h5-7,10H,2-4,8H2,1H3. The highest BCUT2D eigenvalue weighted by atomic mass is 35.5. The second kappa shape index (κ2) is 5.46. The molecular weight excluding hydrogens is 280 g/mol. The summed E-state index contributed by atoms with van der Waals surface area (Å²) < 4.78 is 16.4. The lowest BCUT2D eigenvalue weighted by Crippen LogP contribution is -2.16. The van der Waals surface area contributed by atoms with E-state index in [4.69, 9.17) is 25.5 Å². The highest BCUT2D eigenvalue weighted by molar-refractivity contribution is 6.32. The van der Waals surface area contributed by atoms with E-state index in [0.717, 1.165) is 30.4 Å².